The molecule has 0 aliphatic carbocycles. The number of furan rings is 1. The molecule has 0 saturated heterocycles. The molecule has 1 heterocycles. The van der Waals surface area contributed by atoms with Crippen LogP contribution in [0.5, 0.6) is 0 Å². The summed E-state index contributed by atoms with van der Waals surface area (Å²) in [5, 5.41) is 2.67. The molecule has 1 aromatic heterocycles. The Labute approximate surface area is 161 Å². The molecule has 7 heteroatoms. The maximum absolute atomic E-state index is 13.1. The normalized spacial score (nSPS) is 11.9. The van der Waals surface area contributed by atoms with Gasteiger partial charge in [0, 0.05) is 15.9 Å². The lowest BCUT2D eigenvalue weighted by Gasteiger charge is -2.04. The Kier molecular flexibility index (Phi) is 6.00. The van der Waals surface area contributed by atoms with Gasteiger partial charge in [0.2, 0.25) is 0 Å². The quantitative estimate of drug-likeness (QED) is 0.623. The van der Waals surface area contributed by atoms with Crippen LogP contribution in [0.1, 0.15) is 21.9 Å². The summed E-state index contributed by atoms with van der Waals surface area (Å²) in [7, 11) is -1.27. The fourth-order valence-corrected chi connectivity index (χ4v) is 3.58. The van der Waals surface area contributed by atoms with Crippen LogP contribution in [0.3, 0.4) is 0 Å². The SMILES string of the molecule is O=C(NCc1cccc(F)c1)c1ccc(C[S@](=O)c2ccc(Br)cc2)o1. The molecule has 26 heavy (non-hydrogen) atoms. The largest absolute Gasteiger partial charge is 0.455 e. The molecule has 3 aromatic rings. The molecule has 3 rings (SSSR count). The van der Waals surface area contributed by atoms with Gasteiger partial charge in [0.15, 0.2) is 5.76 Å². The van der Waals surface area contributed by atoms with Gasteiger partial charge < -0.3 is 9.73 Å². The average Bonchev–Trinajstić information content (AvgIpc) is 3.09. The number of rotatable bonds is 6. The van der Waals surface area contributed by atoms with Crippen molar-refractivity contribution in [1.29, 1.82) is 0 Å². The van der Waals surface area contributed by atoms with E-state index in [1.807, 2.05) is 12.1 Å². The van der Waals surface area contributed by atoms with Crippen molar-refractivity contribution in [2.45, 2.75) is 17.2 Å². The van der Waals surface area contributed by atoms with E-state index in [4.69, 9.17) is 4.42 Å². The molecule has 1 amide bonds. The zero-order valence-electron chi connectivity index (χ0n) is 13.6. The number of nitrogens with one attached hydrogen (secondary N) is 1. The molecule has 0 saturated carbocycles. The Balaban J connectivity index is 1.59. The lowest BCUT2D eigenvalue weighted by Crippen LogP contribution is -2.22. The van der Waals surface area contributed by atoms with Gasteiger partial charge in [-0.25, -0.2) is 4.39 Å². The second kappa shape index (κ2) is 8.42. The highest BCUT2D eigenvalue weighted by Crippen LogP contribution is 2.18. The summed E-state index contributed by atoms with van der Waals surface area (Å²) in [6, 6.07) is 16.4. The molecular weight excluding hydrogens is 421 g/mol. The molecule has 1 N–H and O–H groups in total. The average molecular weight is 436 g/mol. The number of benzene rings is 2. The second-order valence-corrected chi connectivity index (χ2v) is 7.89. The van der Waals surface area contributed by atoms with Crippen molar-refractivity contribution in [1.82, 2.24) is 5.32 Å². The van der Waals surface area contributed by atoms with Crippen LogP contribution >= 0.6 is 15.9 Å². The zero-order chi connectivity index (χ0) is 18.5. The summed E-state index contributed by atoms with van der Waals surface area (Å²) in [5.41, 5.74) is 0.654. The molecular formula is C19H15BrFNO3S. The third-order valence-corrected chi connectivity index (χ3v) is 5.45. The van der Waals surface area contributed by atoms with Crippen LogP contribution in [0.15, 0.2) is 74.4 Å². The number of hydrogen-bond donors (Lipinski definition) is 1. The molecule has 1 atom stereocenters. The first-order valence-corrected chi connectivity index (χ1v) is 9.88. The van der Waals surface area contributed by atoms with Gasteiger partial charge in [0.25, 0.3) is 5.91 Å². The van der Waals surface area contributed by atoms with Crippen LogP contribution in [0.25, 0.3) is 0 Å². The van der Waals surface area contributed by atoms with E-state index in [0.717, 1.165) is 4.47 Å². The third kappa shape index (κ3) is 4.89. The van der Waals surface area contributed by atoms with Crippen LogP contribution in [0, 0.1) is 5.82 Å². The minimum Gasteiger partial charge on any atom is -0.455 e. The molecule has 0 spiro atoms. The van der Waals surface area contributed by atoms with Crippen LogP contribution in [-0.2, 0) is 23.1 Å². The first kappa shape index (κ1) is 18.5. The summed E-state index contributed by atoms with van der Waals surface area (Å²) >= 11 is 3.33. The van der Waals surface area contributed by atoms with Gasteiger partial charge in [0.05, 0.1) is 16.6 Å². The molecule has 0 bridgehead atoms. The van der Waals surface area contributed by atoms with E-state index in [0.29, 0.717) is 16.2 Å². The monoisotopic (exact) mass is 435 g/mol. The van der Waals surface area contributed by atoms with E-state index < -0.39 is 16.7 Å². The highest BCUT2D eigenvalue weighted by molar-refractivity contribution is 9.10. The van der Waals surface area contributed by atoms with E-state index >= 15 is 0 Å². The van der Waals surface area contributed by atoms with E-state index in [9.17, 15) is 13.4 Å². The topological polar surface area (TPSA) is 59.3 Å². The van der Waals surface area contributed by atoms with E-state index in [-0.39, 0.29) is 23.9 Å². The number of halogens is 2. The van der Waals surface area contributed by atoms with E-state index in [2.05, 4.69) is 21.2 Å². The molecule has 0 fully saturated rings. The summed E-state index contributed by atoms with van der Waals surface area (Å²) in [4.78, 5) is 12.8. The predicted molar refractivity (Wildman–Crippen MR) is 101 cm³/mol. The molecule has 134 valence electrons. The lowest BCUT2D eigenvalue weighted by molar-refractivity contribution is 0.0921. The van der Waals surface area contributed by atoms with Crippen molar-refractivity contribution in [3.05, 3.63) is 88.0 Å². The van der Waals surface area contributed by atoms with Crippen LogP contribution in [-0.4, -0.2) is 10.1 Å². The van der Waals surface area contributed by atoms with Crippen molar-refractivity contribution in [2.24, 2.45) is 0 Å². The minimum absolute atomic E-state index is 0.129. The van der Waals surface area contributed by atoms with Crippen molar-refractivity contribution < 1.29 is 17.8 Å². The van der Waals surface area contributed by atoms with Gasteiger partial charge in [-0.2, -0.15) is 0 Å². The number of carbonyl (C=O) groups excluding carboxylic acids is 1. The number of amides is 1. The fourth-order valence-electron chi connectivity index (χ4n) is 2.29. The van der Waals surface area contributed by atoms with Crippen LogP contribution in [0.2, 0.25) is 0 Å². The molecule has 4 nitrogen and oxygen atoms in total. The highest BCUT2D eigenvalue weighted by Gasteiger charge is 2.13. The Bertz CT molecular complexity index is 940. The van der Waals surface area contributed by atoms with Gasteiger partial charge in [-0.3, -0.25) is 9.00 Å². The van der Waals surface area contributed by atoms with E-state index in [1.165, 1.54) is 18.2 Å². The van der Waals surface area contributed by atoms with Crippen LogP contribution in [0.4, 0.5) is 4.39 Å². The summed E-state index contributed by atoms with van der Waals surface area (Å²) in [6.45, 7) is 0.192. The summed E-state index contributed by atoms with van der Waals surface area (Å²) in [6.07, 6.45) is 0. The summed E-state index contributed by atoms with van der Waals surface area (Å²) < 4.78 is 31.9. The van der Waals surface area contributed by atoms with Crippen molar-refractivity contribution in [3.63, 3.8) is 0 Å². The molecule has 0 aliphatic rings. The first-order chi connectivity index (χ1) is 12.5. The van der Waals surface area contributed by atoms with Crippen molar-refractivity contribution >= 4 is 32.6 Å². The number of hydrogen-bond acceptors (Lipinski definition) is 3. The van der Waals surface area contributed by atoms with Gasteiger partial charge in [0.1, 0.15) is 11.6 Å². The van der Waals surface area contributed by atoms with Crippen molar-refractivity contribution in [3.8, 4) is 0 Å². The Morgan fingerprint density at radius 1 is 1.12 bits per heavy atom. The maximum atomic E-state index is 13.1. The molecule has 0 radical (unpaired) electrons. The first-order valence-electron chi connectivity index (χ1n) is 7.76. The van der Waals surface area contributed by atoms with Gasteiger partial charge in [-0.1, -0.05) is 28.1 Å². The van der Waals surface area contributed by atoms with Gasteiger partial charge >= 0.3 is 0 Å². The minimum atomic E-state index is -1.27. The smallest absolute Gasteiger partial charge is 0.287 e. The predicted octanol–water partition coefficient (Wildman–Crippen LogP) is 4.42. The Morgan fingerprint density at radius 2 is 1.88 bits per heavy atom. The fraction of sp³-hybridized carbons (Fsp3) is 0.105. The molecule has 0 unspecified atom stereocenters. The number of carbonyl (C=O) groups is 1. The zero-order valence-corrected chi connectivity index (χ0v) is 16.0. The second-order valence-electron chi connectivity index (χ2n) is 5.52. The van der Waals surface area contributed by atoms with Gasteiger partial charge in [-0.05, 0) is 54.1 Å². The third-order valence-electron chi connectivity index (χ3n) is 3.58. The highest BCUT2D eigenvalue weighted by atomic mass is 79.9. The maximum Gasteiger partial charge on any atom is 0.287 e. The molecule has 2 aromatic carbocycles. The Hall–Kier alpha value is -2.25. The molecule has 0 aliphatic heterocycles. The Morgan fingerprint density at radius 3 is 2.62 bits per heavy atom. The van der Waals surface area contributed by atoms with E-state index in [1.54, 1.807) is 30.3 Å². The van der Waals surface area contributed by atoms with Crippen LogP contribution < -0.4 is 5.32 Å². The van der Waals surface area contributed by atoms with Gasteiger partial charge in [-0.15, -0.1) is 0 Å². The van der Waals surface area contributed by atoms with Crippen molar-refractivity contribution in [2.75, 3.05) is 0 Å². The standard InChI is InChI=1S/C19H15BrFNO3S/c20-14-4-7-17(8-5-14)26(24)12-16-6-9-18(25-16)19(23)22-11-13-2-1-3-15(21)10-13/h1-10H,11-12H2,(H,22,23)/t26-/m0/s1. The lowest BCUT2D eigenvalue weighted by atomic mass is 10.2. The summed E-state index contributed by atoms with van der Waals surface area (Å²) in [5.74, 6) is 0.00693.